The SMILES string of the molecule is NS(=O)(=O)c1cc2c(cc1C(F)(F)F)N[C@H](c1ccccc1OC(F)F)NS2(=O)=O. The summed E-state index contributed by atoms with van der Waals surface area (Å²) in [6.45, 7) is -3.24. The summed E-state index contributed by atoms with van der Waals surface area (Å²) in [7, 11) is -9.50. The average molecular weight is 473 g/mol. The summed E-state index contributed by atoms with van der Waals surface area (Å²) < 4.78 is 120. The van der Waals surface area contributed by atoms with Crippen molar-refractivity contribution in [3.05, 3.63) is 47.5 Å². The summed E-state index contributed by atoms with van der Waals surface area (Å²) in [4.78, 5) is -2.25. The number of sulfonamides is 2. The fourth-order valence-electron chi connectivity index (χ4n) is 2.82. The molecule has 164 valence electrons. The summed E-state index contributed by atoms with van der Waals surface area (Å²) in [6, 6.07) is 5.57. The molecule has 0 fully saturated rings. The number of rotatable bonds is 4. The lowest BCUT2D eigenvalue weighted by Gasteiger charge is -2.30. The van der Waals surface area contributed by atoms with Gasteiger partial charge in [0.25, 0.3) is 0 Å². The van der Waals surface area contributed by atoms with Crippen molar-refractivity contribution in [1.82, 2.24) is 4.72 Å². The number of para-hydroxylation sites is 1. The number of hydrogen-bond donors (Lipinski definition) is 3. The van der Waals surface area contributed by atoms with Gasteiger partial charge in [0.1, 0.15) is 16.8 Å². The van der Waals surface area contributed by atoms with Crippen molar-refractivity contribution in [2.24, 2.45) is 5.14 Å². The minimum atomic E-state index is -5.18. The average Bonchev–Trinajstić information content (AvgIpc) is 2.58. The zero-order valence-corrected chi connectivity index (χ0v) is 16.1. The first-order valence-corrected chi connectivity index (χ1v) is 10.8. The van der Waals surface area contributed by atoms with Crippen LogP contribution in [0.4, 0.5) is 27.6 Å². The first kappa shape index (κ1) is 22.2. The van der Waals surface area contributed by atoms with Gasteiger partial charge in [0, 0.05) is 5.56 Å². The standard InChI is InChI=1S/C15H12F5N3O5S2/c16-14(17)28-10-4-2-1-3-7(10)13-22-9-5-8(15(18,19)20)11(29(21,24)25)6-12(9)30(26,27)23-13/h1-6,13-14,22-23H,(H2,21,24,25)/t13-/m0/s1. The largest absolute Gasteiger partial charge is 0.434 e. The van der Waals surface area contributed by atoms with Gasteiger partial charge in [-0.1, -0.05) is 18.2 Å². The molecule has 4 N–H and O–H groups in total. The van der Waals surface area contributed by atoms with E-state index in [1.165, 1.54) is 18.2 Å². The smallest absolute Gasteiger partial charge is 0.417 e. The summed E-state index contributed by atoms with van der Waals surface area (Å²) >= 11 is 0. The fraction of sp³-hybridized carbons (Fsp3) is 0.200. The molecule has 1 aliphatic heterocycles. The minimum absolute atomic E-state index is 0.142. The lowest BCUT2D eigenvalue weighted by atomic mass is 10.1. The second-order valence-electron chi connectivity index (χ2n) is 6.00. The van der Waals surface area contributed by atoms with Gasteiger partial charge in [0.2, 0.25) is 20.0 Å². The summed E-state index contributed by atoms with van der Waals surface area (Å²) in [5.41, 5.74) is -2.44. The number of halogens is 5. The molecule has 1 heterocycles. The molecule has 1 aliphatic rings. The van der Waals surface area contributed by atoms with Crippen LogP contribution in [0.2, 0.25) is 0 Å². The number of alkyl halides is 5. The van der Waals surface area contributed by atoms with Gasteiger partial charge in [0.05, 0.1) is 16.1 Å². The maximum absolute atomic E-state index is 13.4. The second kappa shape index (κ2) is 7.33. The fourth-order valence-corrected chi connectivity index (χ4v) is 4.96. The quantitative estimate of drug-likeness (QED) is 0.585. The molecule has 15 heteroatoms. The molecule has 0 unspecified atom stereocenters. The maximum Gasteiger partial charge on any atom is 0.417 e. The van der Waals surface area contributed by atoms with Crippen LogP contribution >= 0.6 is 0 Å². The maximum atomic E-state index is 13.4. The molecule has 3 rings (SSSR count). The van der Waals surface area contributed by atoms with Crippen molar-refractivity contribution < 1.29 is 43.5 Å². The van der Waals surface area contributed by atoms with Crippen molar-refractivity contribution in [1.29, 1.82) is 0 Å². The number of nitrogens with two attached hydrogens (primary N) is 1. The number of benzene rings is 2. The Labute approximate surface area is 166 Å². The highest BCUT2D eigenvalue weighted by Gasteiger charge is 2.41. The van der Waals surface area contributed by atoms with Crippen LogP contribution in [-0.4, -0.2) is 23.4 Å². The van der Waals surface area contributed by atoms with Gasteiger partial charge in [-0.15, -0.1) is 0 Å². The Morgan fingerprint density at radius 3 is 2.33 bits per heavy atom. The predicted molar refractivity (Wildman–Crippen MR) is 92.6 cm³/mol. The van der Waals surface area contributed by atoms with E-state index >= 15 is 0 Å². The van der Waals surface area contributed by atoms with Gasteiger partial charge in [-0.2, -0.15) is 26.7 Å². The molecular formula is C15H12F5N3O5S2. The van der Waals surface area contributed by atoms with E-state index in [2.05, 4.69) is 10.1 Å². The molecule has 1 atom stereocenters. The Morgan fingerprint density at radius 2 is 1.77 bits per heavy atom. The molecular weight excluding hydrogens is 461 g/mol. The topological polar surface area (TPSA) is 128 Å². The molecule has 0 aliphatic carbocycles. The van der Waals surface area contributed by atoms with Gasteiger partial charge in [-0.25, -0.2) is 22.0 Å². The Hall–Kier alpha value is -2.49. The summed E-state index contributed by atoms with van der Waals surface area (Å²) in [5.74, 6) is -0.423. The first-order valence-electron chi connectivity index (χ1n) is 7.81. The van der Waals surface area contributed by atoms with Gasteiger partial charge < -0.3 is 10.1 Å². The monoisotopic (exact) mass is 473 g/mol. The van der Waals surface area contributed by atoms with Crippen LogP contribution in [0.5, 0.6) is 5.75 Å². The normalized spacial score (nSPS) is 18.6. The van der Waals surface area contributed by atoms with Gasteiger partial charge in [0.15, 0.2) is 0 Å². The number of fused-ring (bicyclic) bond motifs is 1. The van der Waals surface area contributed by atoms with Crippen LogP contribution < -0.4 is 19.9 Å². The number of anilines is 1. The van der Waals surface area contributed by atoms with Crippen LogP contribution in [0.25, 0.3) is 0 Å². The van der Waals surface area contributed by atoms with Crippen LogP contribution in [0, 0.1) is 0 Å². The van der Waals surface area contributed by atoms with E-state index < -0.39 is 65.8 Å². The molecule has 0 saturated heterocycles. The zero-order valence-electron chi connectivity index (χ0n) is 14.4. The van der Waals surface area contributed by atoms with Crippen molar-refractivity contribution in [2.45, 2.75) is 28.7 Å². The van der Waals surface area contributed by atoms with Gasteiger partial charge >= 0.3 is 12.8 Å². The number of ether oxygens (including phenoxy) is 1. The van der Waals surface area contributed by atoms with E-state index in [0.29, 0.717) is 0 Å². The molecule has 0 saturated carbocycles. The molecule has 2 aromatic rings. The van der Waals surface area contributed by atoms with Crippen LogP contribution in [-0.2, 0) is 26.2 Å². The van der Waals surface area contributed by atoms with Gasteiger partial charge in [-0.3, -0.25) is 0 Å². The molecule has 0 aromatic heterocycles. The molecule has 2 aromatic carbocycles. The Bertz CT molecular complexity index is 1200. The molecule has 30 heavy (non-hydrogen) atoms. The van der Waals surface area contributed by atoms with E-state index in [-0.39, 0.29) is 17.7 Å². The number of hydrogen-bond acceptors (Lipinski definition) is 6. The van der Waals surface area contributed by atoms with Gasteiger partial charge in [-0.05, 0) is 18.2 Å². The van der Waals surface area contributed by atoms with Crippen molar-refractivity contribution in [3.8, 4) is 5.75 Å². The minimum Gasteiger partial charge on any atom is -0.434 e. The van der Waals surface area contributed by atoms with Crippen molar-refractivity contribution >= 4 is 25.7 Å². The van der Waals surface area contributed by atoms with E-state index in [9.17, 15) is 38.8 Å². The highest BCUT2D eigenvalue weighted by molar-refractivity contribution is 7.90. The molecule has 0 amide bonds. The van der Waals surface area contributed by atoms with E-state index in [4.69, 9.17) is 5.14 Å². The second-order valence-corrected chi connectivity index (χ2v) is 9.21. The third-order valence-electron chi connectivity index (χ3n) is 4.00. The highest BCUT2D eigenvalue weighted by atomic mass is 32.2. The van der Waals surface area contributed by atoms with Crippen molar-refractivity contribution in [2.75, 3.05) is 5.32 Å². The summed E-state index contributed by atoms with van der Waals surface area (Å²) in [5, 5.41) is 7.23. The lowest BCUT2D eigenvalue weighted by molar-refractivity contribution is -0.139. The van der Waals surface area contributed by atoms with Crippen molar-refractivity contribution in [3.63, 3.8) is 0 Å². The third-order valence-corrected chi connectivity index (χ3v) is 6.42. The number of nitrogens with one attached hydrogen (secondary N) is 2. The lowest BCUT2D eigenvalue weighted by Crippen LogP contribution is -2.39. The predicted octanol–water partition coefficient (Wildman–Crippen LogP) is 2.36. The summed E-state index contributed by atoms with van der Waals surface area (Å²) in [6.07, 6.45) is -6.67. The molecule has 8 nitrogen and oxygen atoms in total. The molecule has 0 bridgehead atoms. The third kappa shape index (κ3) is 4.33. The van der Waals surface area contributed by atoms with E-state index in [0.717, 1.165) is 6.07 Å². The van der Waals surface area contributed by atoms with Crippen LogP contribution in [0.1, 0.15) is 17.3 Å². The molecule has 0 radical (unpaired) electrons. The number of primary sulfonamides is 1. The zero-order chi connectivity index (χ0) is 22.5. The van der Waals surface area contributed by atoms with Crippen LogP contribution in [0.3, 0.4) is 0 Å². The van der Waals surface area contributed by atoms with E-state index in [1.807, 2.05) is 4.72 Å². The Balaban J connectivity index is 2.19. The molecule has 0 spiro atoms. The first-order chi connectivity index (χ1) is 13.7. The highest BCUT2D eigenvalue weighted by Crippen LogP contribution is 2.41. The Kier molecular flexibility index (Phi) is 5.43. The van der Waals surface area contributed by atoms with Crippen LogP contribution in [0.15, 0.2) is 46.2 Å². The van der Waals surface area contributed by atoms with E-state index in [1.54, 1.807) is 0 Å². The Morgan fingerprint density at radius 1 is 1.13 bits per heavy atom.